The lowest BCUT2D eigenvalue weighted by molar-refractivity contribution is 0.0978. The molecule has 6 heteroatoms. The van der Waals surface area contributed by atoms with Crippen LogP contribution in [0, 0.1) is 6.92 Å². The highest BCUT2D eigenvalue weighted by Crippen LogP contribution is 2.20. The number of hydrogen-bond donors (Lipinski definition) is 1. The molecule has 0 saturated carbocycles. The molecule has 0 bridgehead atoms. The van der Waals surface area contributed by atoms with Gasteiger partial charge in [0, 0.05) is 29.3 Å². The van der Waals surface area contributed by atoms with Crippen molar-refractivity contribution >= 4 is 11.6 Å². The molecule has 0 unspecified atom stereocenters. The predicted octanol–water partition coefficient (Wildman–Crippen LogP) is 2.81. The summed E-state index contributed by atoms with van der Waals surface area (Å²) in [5.74, 6) is -0.320. The van der Waals surface area contributed by atoms with Crippen LogP contribution in [0.5, 0.6) is 0 Å². The molecule has 0 amide bonds. The van der Waals surface area contributed by atoms with Gasteiger partial charge in [0.1, 0.15) is 5.69 Å². The Morgan fingerprint density at radius 2 is 1.74 bits per heavy atom. The predicted molar refractivity (Wildman–Crippen MR) is 101 cm³/mol. The van der Waals surface area contributed by atoms with Gasteiger partial charge in [-0.2, -0.15) is 0 Å². The van der Waals surface area contributed by atoms with E-state index in [4.69, 9.17) is 0 Å². The first-order valence-corrected chi connectivity index (χ1v) is 8.72. The van der Waals surface area contributed by atoms with Crippen LogP contribution in [0.4, 0.5) is 0 Å². The molecule has 6 nitrogen and oxygen atoms in total. The summed E-state index contributed by atoms with van der Waals surface area (Å²) in [6, 6.07) is 15.0. The van der Waals surface area contributed by atoms with Crippen LogP contribution in [0.3, 0.4) is 0 Å². The number of carbonyl (C=O) groups is 2. The minimum absolute atomic E-state index is 0.157. The van der Waals surface area contributed by atoms with Gasteiger partial charge in [-0.05, 0) is 6.92 Å². The lowest BCUT2D eigenvalue weighted by atomic mass is 9.93. The molecular weight excluding hydrogens is 340 g/mol. The number of carbonyl (C=O) groups excluding carboxylic acids is 2. The Hall–Kier alpha value is -3.54. The van der Waals surface area contributed by atoms with E-state index in [0.29, 0.717) is 29.9 Å². The van der Waals surface area contributed by atoms with Gasteiger partial charge in [0.05, 0.1) is 18.4 Å². The molecule has 0 atom stereocenters. The Bertz CT molecular complexity index is 1050. The standard InChI is InChI=1S/C21H18N4O2/c1-14-6-8-15(9-7-14)19-13-25(24-23-19)11-10-22-18-12-20(26)16-4-2-3-5-17(16)21(18)27/h2-9,12-13,22H,10-11H2,1H3. The van der Waals surface area contributed by atoms with E-state index in [-0.39, 0.29) is 11.6 Å². The minimum Gasteiger partial charge on any atom is -0.380 e. The molecule has 134 valence electrons. The van der Waals surface area contributed by atoms with Gasteiger partial charge in [0.25, 0.3) is 0 Å². The zero-order chi connectivity index (χ0) is 18.8. The summed E-state index contributed by atoms with van der Waals surface area (Å²) in [6.07, 6.45) is 3.23. The van der Waals surface area contributed by atoms with Crippen molar-refractivity contribution in [3.05, 3.63) is 83.2 Å². The quantitative estimate of drug-likeness (QED) is 0.759. The van der Waals surface area contributed by atoms with Gasteiger partial charge in [0.15, 0.2) is 5.78 Å². The van der Waals surface area contributed by atoms with Crippen molar-refractivity contribution in [3.8, 4) is 11.3 Å². The van der Waals surface area contributed by atoms with Gasteiger partial charge in [0.2, 0.25) is 5.78 Å². The number of aromatic nitrogens is 3. The SMILES string of the molecule is Cc1ccc(-c2cn(CCNC3=CC(=O)c4ccccc4C3=O)nn2)cc1. The Labute approximate surface area is 156 Å². The summed E-state index contributed by atoms with van der Waals surface area (Å²) in [6.45, 7) is 3.03. The molecule has 1 aromatic heterocycles. The minimum atomic E-state index is -0.163. The summed E-state index contributed by atoms with van der Waals surface area (Å²) < 4.78 is 1.71. The molecule has 0 spiro atoms. The van der Waals surface area contributed by atoms with Crippen molar-refractivity contribution in [2.45, 2.75) is 13.5 Å². The topological polar surface area (TPSA) is 76.9 Å². The van der Waals surface area contributed by atoms with E-state index in [9.17, 15) is 9.59 Å². The molecule has 1 aliphatic carbocycles. The van der Waals surface area contributed by atoms with Crippen molar-refractivity contribution in [2.24, 2.45) is 0 Å². The van der Waals surface area contributed by atoms with E-state index in [1.807, 2.05) is 37.4 Å². The first kappa shape index (κ1) is 16.9. The highest BCUT2D eigenvalue weighted by atomic mass is 16.1. The summed E-state index contributed by atoms with van der Waals surface area (Å²) in [7, 11) is 0. The zero-order valence-electron chi connectivity index (χ0n) is 14.8. The third-order valence-corrected chi connectivity index (χ3v) is 4.50. The molecule has 4 rings (SSSR count). The number of ketones is 2. The second kappa shape index (κ2) is 6.99. The molecule has 0 aliphatic heterocycles. The molecule has 2 aromatic carbocycles. The van der Waals surface area contributed by atoms with E-state index in [1.54, 1.807) is 28.9 Å². The third kappa shape index (κ3) is 3.42. The molecular formula is C21H18N4O2. The van der Waals surface area contributed by atoms with E-state index < -0.39 is 0 Å². The van der Waals surface area contributed by atoms with Crippen molar-refractivity contribution in [3.63, 3.8) is 0 Å². The third-order valence-electron chi connectivity index (χ3n) is 4.50. The van der Waals surface area contributed by atoms with Crippen LogP contribution in [0.2, 0.25) is 0 Å². The van der Waals surface area contributed by atoms with Crippen molar-refractivity contribution in [2.75, 3.05) is 6.54 Å². The first-order valence-electron chi connectivity index (χ1n) is 8.72. The normalized spacial score (nSPS) is 13.3. The van der Waals surface area contributed by atoms with Gasteiger partial charge < -0.3 is 5.32 Å². The Kier molecular flexibility index (Phi) is 4.38. The zero-order valence-corrected chi connectivity index (χ0v) is 14.8. The number of benzene rings is 2. The first-order chi connectivity index (χ1) is 13.1. The van der Waals surface area contributed by atoms with Gasteiger partial charge in [-0.15, -0.1) is 5.10 Å². The van der Waals surface area contributed by atoms with Crippen LogP contribution >= 0.6 is 0 Å². The lowest BCUT2D eigenvalue weighted by Crippen LogP contribution is -2.29. The fraction of sp³-hybridized carbons (Fsp3) is 0.143. The number of hydrogen-bond acceptors (Lipinski definition) is 5. The molecule has 1 heterocycles. The number of aryl methyl sites for hydroxylation is 1. The average Bonchev–Trinajstić information content (AvgIpc) is 3.15. The summed E-state index contributed by atoms with van der Waals surface area (Å²) in [4.78, 5) is 24.7. The Morgan fingerprint density at radius 1 is 1.00 bits per heavy atom. The van der Waals surface area contributed by atoms with Gasteiger partial charge >= 0.3 is 0 Å². The fourth-order valence-electron chi connectivity index (χ4n) is 3.02. The van der Waals surface area contributed by atoms with Gasteiger partial charge in [-0.3, -0.25) is 14.3 Å². The molecule has 1 N–H and O–H groups in total. The Balaban J connectivity index is 1.40. The van der Waals surface area contributed by atoms with Crippen LogP contribution in [-0.4, -0.2) is 33.1 Å². The monoisotopic (exact) mass is 358 g/mol. The van der Waals surface area contributed by atoms with Gasteiger partial charge in [-0.25, -0.2) is 0 Å². The van der Waals surface area contributed by atoms with Crippen LogP contribution in [0.1, 0.15) is 26.3 Å². The second-order valence-corrected chi connectivity index (χ2v) is 6.46. The van der Waals surface area contributed by atoms with Crippen molar-refractivity contribution in [1.82, 2.24) is 20.3 Å². The van der Waals surface area contributed by atoms with E-state index in [1.165, 1.54) is 11.6 Å². The number of rotatable bonds is 5. The maximum Gasteiger partial charge on any atom is 0.209 e. The molecule has 1 aliphatic rings. The molecule has 0 fully saturated rings. The molecule has 27 heavy (non-hydrogen) atoms. The Morgan fingerprint density at radius 3 is 2.52 bits per heavy atom. The number of fused-ring (bicyclic) bond motifs is 1. The van der Waals surface area contributed by atoms with Crippen LogP contribution in [0.25, 0.3) is 11.3 Å². The molecule has 0 radical (unpaired) electrons. The van der Waals surface area contributed by atoms with Crippen LogP contribution in [-0.2, 0) is 6.54 Å². The fourth-order valence-corrected chi connectivity index (χ4v) is 3.02. The van der Waals surface area contributed by atoms with Crippen molar-refractivity contribution in [1.29, 1.82) is 0 Å². The number of Topliss-reactive ketones (excluding diaryl/α,β-unsaturated/α-hetero) is 1. The van der Waals surface area contributed by atoms with Gasteiger partial charge in [-0.1, -0.05) is 59.3 Å². The lowest BCUT2D eigenvalue weighted by Gasteiger charge is -2.16. The molecule has 3 aromatic rings. The van der Waals surface area contributed by atoms with Crippen LogP contribution < -0.4 is 5.32 Å². The van der Waals surface area contributed by atoms with Crippen LogP contribution in [0.15, 0.2) is 66.5 Å². The van der Waals surface area contributed by atoms with Crippen molar-refractivity contribution < 1.29 is 9.59 Å². The van der Waals surface area contributed by atoms with E-state index in [2.05, 4.69) is 15.6 Å². The maximum atomic E-state index is 12.5. The maximum absolute atomic E-state index is 12.5. The molecule has 0 saturated heterocycles. The summed E-state index contributed by atoms with van der Waals surface area (Å²) >= 11 is 0. The number of nitrogens with one attached hydrogen (secondary N) is 1. The smallest absolute Gasteiger partial charge is 0.209 e. The van der Waals surface area contributed by atoms with E-state index >= 15 is 0 Å². The largest absolute Gasteiger partial charge is 0.380 e. The number of allylic oxidation sites excluding steroid dienone is 2. The summed E-state index contributed by atoms with van der Waals surface area (Å²) in [5, 5.41) is 11.4. The number of nitrogens with zero attached hydrogens (tertiary/aromatic N) is 3. The van der Waals surface area contributed by atoms with E-state index in [0.717, 1.165) is 11.3 Å². The highest BCUT2D eigenvalue weighted by Gasteiger charge is 2.24. The second-order valence-electron chi connectivity index (χ2n) is 6.46. The summed E-state index contributed by atoms with van der Waals surface area (Å²) in [5.41, 5.74) is 4.20. The highest BCUT2D eigenvalue weighted by molar-refractivity contribution is 6.24. The average molecular weight is 358 g/mol.